The van der Waals surface area contributed by atoms with Gasteiger partial charge in [0.1, 0.15) is 6.07 Å². The van der Waals surface area contributed by atoms with Crippen molar-refractivity contribution < 1.29 is 4.79 Å². The SMILES string of the molecule is N#C/C(C=O)=C\c1cccc(Br)c1. The predicted octanol–water partition coefficient (Wildman–Crippen LogP) is 2.55. The minimum Gasteiger partial charge on any atom is -0.297 e. The van der Waals surface area contributed by atoms with Crippen LogP contribution in [0.3, 0.4) is 0 Å². The van der Waals surface area contributed by atoms with E-state index in [1.165, 1.54) is 6.08 Å². The molecule has 0 spiro atoms. The molecule has 0 aliphatic carbocycles. The molecule has 0 aliphatic heterocycles. The van der Waals surface area contributed by atoms with Gasteiger partial charge in [-0.05, 0) is 23.8 Å². The molecule has 0 saturated carbocycles. The minimum absolute atomic E-state index is 0.123. The Hall–Kier alpha value is -1.40. The summed E-state index contributed by atoms with van der Waals surface area (Å²) in [5.41, 5.74) is 0.955. The summed E-state index contributed by atoms with van der Waals surface area (Å²) in [4.78, 5) is 10.3. The lowest BCUT2D eigenvalue weighted by atomic mass is 10.1. The average molecular weight is 236 g/mol. The highest BCUT2D eigenvalue weighted by Gasteiger charge is 1.93. The maximum Gasteiger partial charge on any atom is 0.160 e. The third-order valence-corrected chi connectivity index (χ3v) is 1.92. The Balaban J connectivity index is 3.04. The fourth-order valence-electron chi connectivity index (χ4n) is 0.869. The third-order valence-electron chi connectivity index (χ3n) is 1.43. The van der Waals surface area contributed by atoms with Gasteiger partial charge in [0.2, 0.25) is 0 Å². The summed E-state index contributed by atoms with van der Waals surface area (Å²) in [5, 5.41) is 8.50. The van der Waals surface area contributed by atoms with Crippen molar-refractivity contribution >= 4 is 28.3 Å². The van der Waals surface area contributed by atoms with Gasteiger partial charge in [-0.25, -0.2) is 0 Å². The van der Waals surface area contributed by atoms with E-state index in [9.17, 15) is 4.79 Å². The van der Waals surface area contributed by atoms with Gasteiger partial charge >= 0.3 is 0 Å². The van der Waals surface area contributed by atoms with Crippen molar-refractivity contribution in [1.82, 2.24) is 0 Å². The first kappa shape index (κ1) is 9.69. The topological polar surface area (TPSA) is 40.9 Å². The molecule has 2 nitrogen and oxygen atoms in total. The van der Waals surface area contributed by atoms with Crippen LogP contribution >= 0.6 is 15.9 Å². The van der Waals surface area contributed by atoms with Crippen LogP contribution in [-0.4, -0.2) is 6.29 Å². The van der Waals surface area contributed by atoms with Gasteiger partial charge in [-0.2, -0.15) is 5.26 Å². The highest BCUT2D eigenvalue weighted by atomic mass is 79.9. The van der Waals surface area contributed by atoms with Crippen LogP contribution in [0.15, 0.2) is 34.3 Å². The first-order valence-corrected chi connectivity index (χ1v) is 4.38. The molecule has 0 unspecified atom stereocenters. The molecule has 0 N–H and O–H groups in total. The quantitative estimate of drug-likeness (QED) is 0.449. The van der Waals surface area contributed by atoms with Gasteiger partial charge in [0.15, 0.2) is 6.29 Å². The Morgan fingerprint density at radius 3 is 2.85 bits per heavy atom. The number of hydrogen-bond acceptors (Lipinski definition) is 2. The number of halogens is 1. The lowest BCUT2D eigenvalue weighted by Gasteiger charge is -1.93. The van der Waals surface area contributed by atoms with E-state index in [1.54, 1.807) is 6.07 Å². The first-order valence-electron chi connectivity index (χ1n) is 3.59. The summed E-state index contributed by atoms with van der Waals surface area (Å²) in [7, 11) is 0. The minimum atomic E-state index is 0.123. The second-order valence-corrected chi connectivity index (χ2v) is 3.30. The first-order chi connectivity index (χ1) is 6.26. The summed E-state index contributed by atoms with van der Waals surface area (Å²) in [5.74, 6) is 0. The number of carbonyl (C=O) groups excluding carboxylic acids is 1. The molecule has 0 aromatic heterocycles. The van der Waals surface area contributed by atoms with Crippen LogP contribution < -0.4 is 0 Å². The van der Waals surface area contributed by atoms with Crippen LogP contribution in [-0.2, 0) is 4.79 Å². The Labute approximate surface area is 84.6 Å². The van der Waals surface area contributed by atoms with E-state index in [0.717, 1.165) is 10.0 Å². The molecule has 0 radical (unpaired) electrons. The van der Waals surface area contributed by atoms with Crippen LogP contribution in [0.4, 0.5) is 0 Å². The van der Waals surface area contributed by atoms with E-state index in [2.05, 4.69) is 15.9 Å². The molecule has 0 bridgehead atoms. The van der Waals surface area contributed by atoms with Gasteiger partial charge in [0.05, 0.1) is 5.57 Å². The molecule has 0 fully saturated rings. The standard InChI is InChI=1S/C10H6BrNO/c11-10-3-1-2-8(5-10)4-9(6-12)7-13/h1-5,7H/b9-4+. The van der Waals surface area contributed by atoms with Gasteiger partial charge in [-0.1, -0.05) is 28.1 Å². The van der Waals surface area contributed by atoms with Crippen molar-refractivity contribution in [2.24, 2.45) is 0 Å². The zero-order valence-electron chi connectivity index (χ0n) is 6.70. The van der Waals surface area contributed by atoms with Gasteiger partial charge in [0, 0.05) is 4.47 Å². The number of carbonyl (C=O) groups is 1. The van der Waals surface area contributed by atoms with E-state index in [4.69, 9.17) is 5.26 Å². The Bertz CT molecular complexity index is 390. The number of allylic oxidation sites excluding steroid dienone is 1. The molecule has 64 valence electrons. The van der Waals surface area contributed by atoms with Crippen LogP contribution in [0.5, 0.6) is 0 Å². The zero-order chi connectivity index (χ0) is 9.68. The van der Waals surface area contributed by atoms with Crippen molar-refractivity contribution in [3.63, 3.8) is 0 Å². The molecule has 1 rings (SSSR count). The molecular weight excluding hydrogens is 230 g/mol. The molecule has 1 aromatic rings. The highest BCUT2D eigenvalue weighted by Crippen LogP contribution is 2.13. The molecule has 3 heteroatoms. The molecule has 0 amide bonds. The normalized spacial score (nSPS) is 10.6. The summed E-state index contributed by atoms with van der Waals surface area (Å²) in [6.45, 7) is 0. The molecular formula is C10H6BrNO. The lowest BCUT2D eigenvalue weighted by molar-refractivity contribution is -0.104. The summed E-state index contributed by atoms with van der Waals surface area (Å²) in [6.07, 6.45) is 2.08. The van der Waals surface area contributed by atoms with E-state index in [-0.39, 0.29) is 5.57 Å². The fourth-order valence-corrected chi connectivity index (χ4v) is 1.29. The average Bonchev–Trinajstić information content (AvgIpc) is 2.14. The van der Waals surface area contributed by atoms with E-state index in [1.807, 2.05) is 24.3 Å². The van der Waals surface area contributed by atoms with Gasteiger partial charge < -0.3 is 0 Å². The molecule has 13 heavy (non-hydrogen) atoms. The third kappa shape index (κ3) is 2.85. The van der Waals surface area contributed by atoms with Crippen molar-refractivity contribution in [1.29, 1.82) is 5.26 Å². The van der Waals surface area contributed by atoms with Crippen molar-refractivity contribution in [3.05, 3.63) is 39.9 Å². The number of hydrogen-bond donors (Lipinski definition) is 0. The predicted molar refractivity (Wildman–Crippen MR) is 53.8 cm³/mol. The Morgan fingerprint density at radius 2 is 2.31 bits per heavy atom. The van der Waals surface area contributed by atoms with Gasteiger partial charge in [-0.15, -0.1) is 0 Å². The van der Waals surface area contributed by atoms with Crippen molar-refractivity contribution in [3.8, 4) is 6.07 Å². The lowest BCUT2D eigenvalue weighted by Crippen LogP contribution is -1.79. The second kappa shape index (κ2) is 4.58. The van der Waals surface area contributed by atoms with Crippen molar-refractivity contribution in [2.45, 2.75) is 0 Å². The van der Waals surface area contributed by atoms with E-state index >= 15 is 0 Å². The van der Waals surface area contributed by atoms with Gasteiger partial charge in [0.25, 0.3) is 0 Å². The summed E-state index contributed by atoms with van der Waals surface area (Å²) >= 11 is 3.30. The van der Waals surface area contributed by atoms with Crippen LogP contribution in [0.2, 0.25) is 0 Å². The molecule has 0 saturated heterocycles. The van der Waals surface area contributed by atoms with Crippen LogP contribution in [0.1, 0.15) is 5.56 Å². The van der Waals surface area contributed by atoms with Gasteiger partial charge in [-0.3, -0.25) is 4.79 Å². The highest BCUT2D eigenvalue weighted by molar-refractivity contribution is 9.10. The van der Waals surface area contributed by atoms with Crippen molar-refractivity contribution in [2.75, 3.05) is 0 Å². The zero-order valence-corrected chi connectivity index (χ0v) is 8.28. The number of benzene rings is 1. The fraction of sp³-hybridized carbons (Fsp3) is 0. The van der Waals surface area contributed by atoms with E-state index < -0.39 is 0 Å². The Morgan fingerprint density at radius 1 is 1.54 bits per heavy atom. The number of rotatable bonds is 2. The van der Waals surface area contributed by atoms with Crippen LogP contribution in [0.25, 0.3) is 6.08 Å². The second-order valence-electron chi connectivity index (χ2n) is 2.38. The summed E-state index contributed by atoms with van der Waals surface area (Å²) < 4.78 is 0.921. The van der Waals surface area contributed by atoms with Crippen LogP contribution in [0, 0.1) is 11.3 Å². The largest absolute Gasteiger partial charge is 0.297 e. The number of aldehydes is 1. The molecule has 0 atom stereocenters. The molecule has 1 aromatic carbocycles. The smallest absolute Gasteiger partial charge is 0.160 e. The molecule has 0 heterocycles. The Kier molecular flexibility index (Phi) is 3.41. The summed E-state index contributed by atoms with van der Waals surface area (Å²) in [6, 6.07) is 9.18. The number of nitrogens with zero attached hydrogens (tertiary/aromatic N) is 1. The molecule has 0 aliphatic rings. The maximum atomic E-state index is 10.3. The van der Waals surface area contributed by atoms with E-state index in [0.29, 0.717) is 6.29 Å². The monoisotopic (exact) mass is 235 g/mol. The maximum absolute atomic E-state index is 10.3. The number of nitriles is 1.